The third kappa shape index (κ3) is 5.40. The number of fused-ring (bicyclic) bond motifs is 1. The minimum atomic E-state index is -5.08. The Bertz CT molecular complexity index is 801. The lowest BCUT2D eigenvalue weighted by Crippen LogP contribution is -2.73. The number of ether oxygens (including phenoxy) is 1. The van der Waals surface area contributed by atoms with E-state index >= 15 is 0 Å². The number of rotatable bonds is 1. The van der Waals surface area contributed by atoms with Crippen LogP contribution >= 0.6 is 0 Å². The van der Waals surface area contributed by atoms with Gasteiger partial charge in [-0.25, -0.2) is 4.79 Å². The molecule has 4 fully saturated rings. The maximum absolute atomic E-state index is 13.0. The first-order chi connectivity index (χ1) is 15.3. The van der Waals surface area contributed by atoms with Gasteiger partial charge >= 0.3 is 12.1 Å². The van der Waals surface area contributed by atoms with Gasteiger partial charge in [0.2, 0.25) is 17.7 Å². The quantitative estimate of drug-likeness (QED) is 0.540. The standard InChI is InChI=1S/C18H28N4O4.C2HF3O2/c1-12(23)20-7-8-26-18(9-20)10-21(11-18)17(25)15-6-5-13-3-2-4-14(19)16(24)22(13)15;3-2(4,5)1(6)7/h13-15H,2-11,19H2,1H3;(H,6,7)/t13-,14-,15-;/m0./s1. The monoisotopic (exact) mass is 478 g/mol. The molecule has 0 saturated carbocycles. The van der Waals surface area contributed by atoms with Crippen molar-refractivity contribution in [2.45, 2.75) is 68.9 Å². The topological polar surface area (TPSA) is 133 Å². The summed E-state index contributed by atoms with van der Waals surface area (Å²) < 4.78 is 37.6. The fourth-order valence-electron chi connectivity index (χ4n) is 4.95. The number of alkyl halides is 3. The van der Waals surface area contributed by atoms with E-state index in [4.69, 9.17) is 20.4 Å². The van der Waals surface area contributed by atoms with Gasteiger partial charge in [-0.05, 0) is 32.1 Å². The molecule has 13 heteroatoms. The lowest BCUT2D eigenvalue weighted by molar-refractivity contribution is -0.196. The van der Waals surface area contributed by atoms with Crippen LogP contribution in [0.2, 0.25) is 0 Å². The van der Waals surface area contributed by atoms with Crippen molar-refractivity contribution in [2.24, 2.45) is 5.73 Å². The molecule has 0 aromatic rings. The fraction of sp³-hybridized carbons (Fsp3) is 0.800. The molecule has 4 saturated heterocycles. The number of halogens is 3. The molecule has 4 heterocycles. The summed E-state index contributed by atoms with van der Waals surface area (Å²) >= 11 is 0. The zero-order valence-electron chi connectivity index (χ0n) is 18.3. The summed E-state index contributed by atoms with van der Waals surface area (Å²) in [5.41, 5.74) is 5.57. The highest BCUT2D eigenvalue weighted by Gasteiger charge is 2.53. The van der Waals surface area contributed by atoms with Crippen LogP contribution in [0.15, 0.2) is 0 Å². The molecule has 0 aromatic heterocycles. The summed E-state index contributed by atoms with van der Waals surface area (Å²) in [5, 5.41) is 7.12. The summed E-state index contributed by atoms with van der Waals surface area (Å²) in [6.07, 6.45) is -0.914. The van der Waals surface area contributed by atoms with Crippen LogP contribution in [0.4, 0.5) is 13.2 Å². The Labute approximate surface area is 188 Å². The summed E-state index contributed by atoms with van der Waals surface area (Å²) in [4.78, 5) is 51.6. The van der Waals surface area contributed by atoms with E-state index in [1.165, 1.54) is 0 Å². The molecule has 4 rings (SSSR count). The molecule has 4 aliphatic heterocycles. The van der Waals surface area contributed by atoms with Crippen LogP contribution in [0, 0.1) is 0 Å². The normalized spacial score (nSPS) is 28.9. The Morgan fingerprint density at radius 2 is 1.70 bits per heavy atom. The Morgan fingerprint density at radius 3 is 2.27 bits per heavy atom. The van der Waals surface area contributed by atoms with E-state index in [2.05, 4.69) is 0 Å². The van der Waals surface area contributed by atoms with Crippen LogP contribution in [0.5, 0.6) is 0 Å². The van der Waals surface area contributed by atoms with Gasteiger partial charge in [-0.15, -0.1) is 0 Å². The van der Waals surface area contributed by atoms with Crippen LogP contribution in [0.3, 0.4) is 0 Å². The van der Waals surface area contributed by atoms with E-state index in [0.29, 0.717) is 45.6 Å². The van der Waals surface area contributed by atoms with E-state index in [9.17, 15) is 27.6 Å². The van der Waals surface area contributed by atoms with Crippen LogP contribution in [0.25, 0.3) is 0 Å². The number of nitrogens with two attached hydrogens (primary N) is 1. The Kier molecular flexibility index (Phi) is 7.22. The number of amides is 3. The lowest BCUT2D eigenvalue weighted by atomic mass is 9.90. The number of hydrogen-bond acceptors (Lipinski definition) is 6. The van der Waals surface area contributed by atoms with Gasteiger partial charge in [-0.3, -0.25) is 14.4 Å². The molecule has 10 nitrogen and oxygen atoms in total. The highest BCUT2D eigenvalue weighted by atomic mass is 19.4. The van der Waals surface area contributed by atoms with Gasteiger partial charge in [0.05, 0.1) is 32.3 Å². The Balaban J connectivity index is 0.000000383. The van der Waals surface area contributed by atoms with E-state index in [-0.39, 0.29) is 29.8 Å². The predicted molar refractivity (Wildman–Crippen MR) is 107 cm³/mol. The predicted octanol–water partition coefficient (Wildman–Crippen LogP) is -0.0498. The molecule has 3 N–H and O–H groups in total. The van der Waals surface area contributed by atoms with E-state index in [1.54, 1.807) is 21.6 Å². The molecular formula is C20H29F3N4O6. The number of carbonyl (C=O) groups excluding carboxylic acids is 3. The van der Waals surface area contributed by atoms with Crippen molar-refractivity contribution in [1.29, 1.82) is 0 Å². The molecule has 0 aromatic carbocycles. The van der Waals surface area contributed by atoms with Gasteiger partial charge in [0.25, 0.3) is 0 Å². The molecule has 0 bridgehead atoms. The Morgan fingerprint density at radius 1 is 1.09 bits per heavy atom. The Hall–Kier alpha value is -2.41. The molecule has 3 atom stereocenters. The van der Waals surface area contributed by atoms with E-state index < -0.39 is 23.8 Å². The number of aliphatic carboxylic acids is 1. The molecule has 0 radical (unpaired) electrons. The van der Waals surface area contributed by atoms with Crippen molar-refractivity contribution < 1.29 is 42.2 Å². The number of nitrogens with zero attached hydrogens (tertiary/aromatic N) is 3. The van der Waals surface area contributed by atoms with Crippen LogP contribution in [-0.4, -0.2) is 106 Å². The molecule has 4 aliphatic rings. The van der Waals surface area contributed by atoms with Crippen LogP contribution < -0.4 is 5.73 Å². The van der Waals surface area contributed by atoms with Crippen molar-refractivity contribution in [2.75, 3.05) is 32.8 Å². The molecule has 3 amide bonds. The third-order valence-corrected chi connectivity index (χ3v) is 6.62. The van der Waals surface area contributed by atoms with Gasteiger partial charge in [0.1, 0.15) is 11.6 Å². The summed E-state index contributed by atoms with van der Waals surface area (Å²) in [6.45, 7) is 4.19. The molecule has 0 aliphatic carbocycles. The average molecular weight is 478 g/mol. The number of hydrogen-bond donors (Lipinski definition) is 2. The number of carbonyl (C=O) groups is 4. The van der Waals surface area contributed by atoms with Crippen molar-refractivity contribution >= 4 is 23.7 Å². The first-order valence-corrected chi connectivity index (χ1v) is 10.9. The number of morpholine rings is 1. The second-order valence-corrected chi connectivity index (χ2v) is 9.00. The maximum atomic E-state index is 13.0. The number of carboxylic acid groups (broad SMARTS) is 1. The molecular weight excluding hydrogens is 449 g/mol. The smallest absolute Gasteiger partial charge is 0.475 e. The van der Waals surface area contributed by atoms with Gasteiger partial charge < -0.3 is 30.3 Å². The summed E-state index contributed by atoms with van der Waals surface area (Å²) in [7, 11) is 0. The maximum Gasteiger partial charge on any atom is 0.490 e. The molecule has 33 heavy (non-hydrogen) atoms. The van der Waals surface area contributed by atoms with Crippen LogP contribution in [0.1, 0.15) is 39.0 Å². The highest BCUT2D eigenvalue weighted by molar-refractivity contribution is 5.91. The van der Waals surface area contributed by atoms with Gasteiger partial charge in [0.15, 0.2) is 0 Å². The summed E-state index contributed by atoms with van der Waals surface area (Å²) in [5.74, 6) is -2.79. The molecule has 1 spiro atoms. The minimum Gasteiger partial charge on any atom is -0.475 e. The number of likely N-dealkylation sites (tertiary alicyclic amines) is 1. The largest absolute Gasteiger partial charge is 0.490 e. The second-order valence-electron chi connectivity index (χ2n) is 9.00. The summed E-state index contributed by atoms with van der Waals surface area (Å²) in [6, 6.07) is -0.720. The third-order valence-electron chi connectivity index (χ3n) is 6.62. The minimum absolute atomic E-state index is 0.00382. The number of carboxylic acids is 1. The van der Waals surface area contributed by atoms with Crippen molar-refractivity contribution in [3.05, 3.63) is 0 Å². The molecule has 186 valence electrons. The average Bonchev–Trinajstić information content (AvgIpc) is 3.08. The SMILES string of the molecule is CC(=O)N1CCOC2(C1)CN(C(=O)[C@@H]1CC[C@@H]3CCC[C@H](N)C(=O)N31)C2.O=C(O)C(F)(F)F. The van der Waals surface area contributed by atoms with E-state index in [0.717, 1.165) is 19.3 Å². The highest BCUT2D eigenvalue weighted by Crippen LogP contribution is 2.35. The van der Waals surface area contributed by atoms with Gasteiger partial charge in [-0.2, -0.15) is 13.2 Å². The zero-order valence-corrected chi connectivity index (χ0v) is 18.3. The van der Waals surface area contributed by atoms with Crippen molar-refractivity contribution in [1.82, 2.24) is 14.7 Å². The molecule has 0 unspecified atom stereocenters. The first kappa shape index (κ1) is 25.2. The second kappa shape index (κ2) is 9.45. The zero-order chi connectivity index (χ0) is 24.6. The van der Waals surface area contributed by atoms with E-state index in [1.807, 2.05) is 0 Å². The fourth-order valence-corrected chi connectivity index (χ4v) is 4.95. The first-order valence-electron chi connectivity index (χ1n) is 10.9. The van der Waals surface area contributed by atoms with Crippen molar-refractivity contribution in [3.63, 3.8) is 0 Å². The lowest BCUT2D eigenvalue weighted by Gasteiger charge is -2.54. The van der Waals surface area contributed by atoms with Crippen LogP contribution in [-0.2, 0) is 23.9 Å². The van der Waals surface area contributed by atoms with Gasteiger partial charge in [0, 0.05) is 19.5 Å². The van der Waals surface area contributed by atoms with Gasteiger partial charge in [-0.1, -0.05) is 0 Å². The van der Waals surface area contributed by atoms with Crippen molar-refractivity contribution in [3.8, 4) is 0 Å².